The minimum absolute atomic E-state index is 1.13. The Labute approximate surface area is 136 Å². The van der Waals surface area contributed by atoms with Gasteiger partial charge in [-0.25, -0.2) is 0 Å². The highest BCUT2D eigenvalue weighted by Crippen LogP contribution is 2.20. The molecule has 0 bridgehead atoms. The Bertz CT molecular complexity index is 485. The van der Waals surface area contributed by atoms with Crippen LogP contribution in [0.2, 0.25) is 0 Å². The molecule has 0 aromatic rings. The summed E-state index contributed by atoms with van der Waals surface area (Å²) in [6.45, 7) is 6.84. The Hall–Kier alpha value is -1.02. The molecule has 0 aromatic heterocycles. The Kier molecular flexibility index (Phi) is 10.2. The number of alkyl halides is 3. The van der Waals surface area contributed by atoms with Crippen molar-refractivity contribution in [3.8, 4) is 0 Å². The summed E-state index contributed by atoms with van der Waals surface area (Å²) in [5, 5.41) is 0. The quantitative estimate of drug-likeness (QED) is 0.414. The van der Waals surface area contributed by atoms with Gasteiger partial charge in [0.1, 0.15) is 0 Å². The molecule has 0 spiro atoms. The van der Waals surface area contributed by atoms with E-state index >= 15 is 0 Å². The molecule has 0 fully saturated rings. The number of nitrogens with zero attached hydrogens (tertiary/aromatic N) is 1. The number of hydrogen-bond donors (Lipinski definition) is 1. The highest BCUT2D eigenvalue weighted by Gasteiger charge is 2.44. The van der Waals surface area contributed by atoms with Crippen LogP contribution < -0.4 is 0 Å². The second-order valence-corrected chi connectivity index (χ2v) is 6.93. The molecule has 0 aromatic carbocycles. The molecule has 1 aliphatic heterocycles. The minimum Gasteiger partial charge on any atom is -0.373 e. The molecule has 1 N–H and O–H groups in total. The molecule has 0 aliphatic carbocycles. The van der Waals surface area contributed by atoms with E-state index in [9.17, 15) is 13.2 Å². The maximum absolute atomic E-state index is 10.7. The van der Waals surface area contributed by atoms with E-state index in [0.717, 1.165) is 6.54 Å². The maximum Gasteiger partial charge on any atom is 0.522 e. The average Bonchev–Trinajstić information content (AvgIpc) is 2.41. The number of halogens is 3. The molecule has 1 aliphatic rings. The van der Waals surface area contributed by atoms with E-state index in [-0.39, 0.29) is 0 Å². The maximum atomic E-state index is 10.7. The van der Waals surface area contributed by atoms with Crippen molar-refractivity contribution < 1.29 is 26.1 Å². The summed E-state index contributed by atoms with van der Waals surface area (Å²) in [6, 6.07) is 0. The number of unbranched alkanes of at least 4 members (excludes halogenated alkanes) is 5. The highest BCUT2D eigenvalue weighted by atomic mass is 32.2. The molecule has 0 saturated carbocycles. The first-order valence-electron chi connectivity index (χ1n) is 7.69. The molecule has 0 unspecified atom stereocenters. The molecule has 23 heavy (non-hydrogen) atoms. The van der Waals surface area contributed by atoms with Gasteiger partial charge in [-0.05, 0) is 25.6 Å². The first-order chi connectivity index (χ1) is 10.6. The van der Waals surface area contributed by atoms with Crippen molar-refractivity contribution in [2.45, 2.75) is 57.9 Å². The van der Waals surface area contributed by atoms with Crippen molar-refractivity contribution in [3.05, 3.63) is 23.9 Å². The van der Waals surface area contributed by atoms with Gasteiger partial charge in [0.2, 0.25) is 0 Å². The molecule has 0 saturated heterocycles. The van der Waals surface area contributed by atoms with Crippen LogP contribution in [0, 0.1) is 0 Å². The Morgan fingerprint density at radius 1 is 1.17 bits per heavy atom. The van der Waals surface area contributed by atoms with Crippen LogP contribution in [0.1, 0.15) is 52.4 Å². The Morgan fingerprint density at radius 2 is 1.70 bits per heavy atom. The Balaban J connectivity index is 0.000000515. The molecule has 4 nitrogen and oxygen atoms in total. The number of rotatable bonds is 7. The third-order valence-electron chi connectivity index (χ3n) is 3.22. The van der Waals surface area contributed by atoms with Gasteiger partial charge in [-0.15, -0.1) is 0 Å². The molecule has 0 radical (unpaired) electrons. The lowest BCUT2D eigenvalue weighted by atomic mass is 10.1. The third kappa shape index (κ3) is 11.2. The van der Waals surface area contributed by atoms with Gasteiger partial charge < -0.3 is 4.90 Å². The molecule has 1 heterocycles. The van der Waals surface area contributed by atoms with E-state index in [2.05, 4.69) is 37.1 Å². The van der Waals surface area contributed by atoms with Gasteiger partial charge in [-0.2, -0.15) is 21.6 Å². The monoisotopic (exact) mass is 357 g/mol. The van der Waals surface area contributed by atoms with E-state index < -0.39 is 15.6 Å². The zero-order valence-corrected chi connectivity index (χ0v) is 14.5. The van der Waals surface area contributed by atoms with Gasteiger partial charge in [0.05, 0.1) is 0 Å². The van der Waals surface area contributed by atoms with Crippen LogP contribution in [-0.4, -0.2) is 36.5 Å². The lowest BCUT2D eigenvalue weighted by Gasteiger charge is -2.23. The highest BCUT2D eigenvalue weighted by molar-refractivity contribution is 7.86. The summed E-state index contributed by atoms with van der Waals surface area (Å²) in [7, 11) is -5.84. The van der Waals surface area contributed by atoms with Crippen molar-refractivity contribution in [3.63, 3.8) is 0 Å². The van der Waals surface area contributed by atoms with Gasteiger partial charge in [-0.3, -0.25) is 4.55 Å². The molecule has 136 valence electrons. The Morgan fingerprint density at radius 3 is 2.17 bits per heavy atom. The summed E-state index contributed by atoms with van der Waals surface area (Å²) in [5.41, 5.74) is -4.06. The van der Waals surface area contributed by atoms with Crippen LogP contribution >= 0.6 is 0 Å². The molecule has 1 rings (SSSR count). The second-order valence-electron chi connectivity index (χ2n) is 5.51. The third-order valence-corrected chi connectivity index (χ3v) is 3.81. The molecular formula is C15H26F3NO3S. The molecular weight excluding hydrogens is 331 g/mol. The topological polar surface area (TPSA) is 57.6 Å². The first-order valence-corrected chi connectivity index (χ1v) is 9.13. The van der Waals surface area contributed by atoms with Crippen molar-refractivity contribution in [1.29, 1.82) is 0 Å². The average molecular weight is 357 g/mol. The van der Waals surface area contributed by atoms with Crippen LogP contribution in [0.3, 0.4) is 0 Å². The lowest BCUT2D eigenvalue weighted by molar-refractivity contribution is -0.0510. The summed E-state index contributed by atoms with van der Waals surface area (Å²) in [5.74, 6) is 0. The van der Waals surface area contributed by atoms with Gasteiger partial charge in [0.25, 0.3) is 0 Å². The van der Waals surface area contributed by atoms with E-state index in [1.807, 2.05) is 0 Å². The van der Waals surface area contributed by atoms with Crippen LogP contribution in [0.4, 0.5) is 13.2 Å². The second kappa shape index (κ2) is 10.7. The van der Waals surface area contributed by atoms with Gasteiger partial charge >= 0.3 is 15.6 Å². The van der Waals surface area contributed by atoms with Crippen LogP contribution in [0.5, 0.6) is 0 Å². The smallest absolute Gasteiger partial charge is 0.373 e. The van der Waals surface area contributed by atoms with Crippen LogP contribution in [-0.2, 0) is 10.1 Å². The van der Waals surface area contributed by atoms with Crippen molar-refractivity contribution in [2.75, 3.05) is 13.1 Å². The number of hydrogen-bond acceptors (Lipinski definition) is 3. The van der Waals surface area contributed by atoms with Gasteiger partial charge in [0.15, 0.2) is 0 Å². The summed E-state index contributed by atoms with van der Waals surface area (Å²) >= 11 is 0. The first kappa shape index (κ1) is 22.0. The van der Waals surface area contributed by atoms with Crippen molar-refractivity contribution >= 4 is 10.1 Å². The predicted octanol–water partition coefficient (Wildman–Crippen LogP) is 4.52. The van der Waals surface area contributed by atoms with E-state index in [4.69, 9.17) is 13.0 Å². The fourth-order valence-corrected chi connectivity index (χ4v) is 2.00. The van der Waals surface area contributed by atoms with Crippen LogP contribution in [0.25, 0.3) is 0 Å². The zero-order valence-electron chi connectivity index (χ0n) is 13.6. The van der Waals surface area contributed by atoms with E-state index in [1.165, 1.54) is 50.6 Å². The molecule has 0 amide bonds. The normalized spacial score (nSPS) is 15.0. The fourth-order valence-electron chi connectivity index (χ4n) is 2.00. The summed E-state index contributed by atoms with van der Waals surface area (Å²) in [4.78, 5) is 2.43. The van der Waals surface area contributed by atoms with Gasteiger partial charge in [-0.1, -0.05) is 50.7 Å². The predicted molar refractivity (Wildman–Crippen MR) is 85.4 cm³/mol. The molecule has 8 heteroatoms. The van der Waals surface area contributed by atoms with E-state index in [0.29, 0.717) is 0 Å². The summed E-state index contributed by atoms with van der Waals surface area (Å²) < 4.78 is 57.5. The molecule has 0 atom stereocenters. The zero-order chi connectivity index (χ0) is 17.9. The SMILES string of the molecule is CCCCCCCCN1C=CC=C(C)C1.O=S(=O)(O)C(F)(F)F. The van der Waals surface area contributed by atoms with Crippen molar-refractivity contribution in [1.82, 2.24) is 4.90 Å². The largest absolute Gasteiger partial charge is 0.522 e. The fraction of sp³-hybridized carbons (Fsp3) is 0.733. The summed E-state index contributed by atoms with van der Waals surface area (Å²) in [6.07, 6.45) is 14.9. The standard InChI is InChI=1S/C14H25N.CHF3O3S/c1-3-4-5-6-7-8-11-15-12-9-10-14(2)13-15;2-1(3,4)8(5,6)7/h9-10,12H,3-8,11,13H2,1-2H3;(H,5,6,7). The number of allylic oxidation sites excluding steroid dienone is 2. The van der Waals surface area contributed by atoms with Gasteiger partial charge in [0, 0.05) is 13.1 Å². The van der Waals surface area contributed by atoms with E-state index in [1.54, 1.807) is 0 Å². The lowest BCUT2D eigenvalue weighted by Crippen LogP contribution is -2.22. The van der Waals surface area contributed by atoms with Crippen LogP contribution in [0.15, 0.2) is 23.9 Å². The van der Waals surface area contributed by atoms with Crippen molar-refractivity contribution in [2.24, 2.45) is 0 Å². The minimum atomic E-state index is -5.84.